The van der Waals surface area contributed by atoms with Crippen molar-refractivity contribution in [2.75, 3.05) is 14.2 Å². The molecule has 0 spiro atoms. The van der Waals surface area contributed by atoms with Crippen molar-refractivity contribution in [1.29, 1.82) is 0 Å². The first kappa shape index (κ1) is 24.8. The van der Waals surface area contributed by atoms with Crippen molar-refractivity contribution in [3.8, 4) is 33.4 Å². The first-order valence-electron chi connectivity index (χ1n) is 10.7. The van der Waals surface area contributed by atoms with E-state index in [-0.39, 0.29) is 5.56 Å². The summed E-state index contributed by atoms with van der Waals surface area (Å²) < 4.78 is 22.2. The number of rotatable bonds is 9. The third kappa shape index (κ3) is 5.35. The fourth-order valence-electron chi connectivity index (χ4n) is 3.44. The number of esters is 1. The molecule has 0 aliphatic rings. The van der Waals surface area contributed by atoms with Gasteiger partial charge in [-0.25, -0.2) is 4.79 Å². The van der Waals surface area contributed by atoms with Crippen molar-refractivity contribution in [3.63, 3.8) is 0 Å². The van der Waals surface area contributed by atoms with E-state index >= 15 is 0 Å². The topological polar surface area (TPSA) is 116 Å². The molecule has 4 aromatic rings. The van der Waals surface area contributed by atoms with Crippen LogP contribution in [0.4, 0.5) is 0 Å². The van der Waals surface area contributed by atoms with Crippen LogP contribution in [0.2, 0.25) is 0 Å². The van der Waals surface area contributed by atoms with Gasteiger partial charge < -0.3 is 29.3 Å². The molecule has 0 radical (unpaired) electrons. The molecule has 0 bridgehead atoms. The summed E-state index contributed by atoms with van der Waals surface area (Å²) >= 11 is 0.761. The van der Waals surface area contributed by atoms with Gasteiger partial charge in [-0.2, -0.15) is 0 Å². The van der Waals surface area contributed by atoms with E-state index in [4.69, 9.17) is 18.9 Å². The Bertz CT molecular complexity index is 1410. The smallest absolute Gasteiger partial charge is 0.345 e. The van der Waals surface area contributed by atoms with Gasteiger partial charge >= 0.3 is 11.5 Å². The van der Waals surface area contributed by atoms with Crippen molar-refractivity contribution >= 4 is 17.5 Å². The molecule has 9 nitrogen and oxygen atoms in total. The van der Waals surface area contributed by atoms with Gasteiger partial charge in [-0.3, -0.25) is 4.79 Å². The Balaban J connectivity index is 1.35. The zero-order valence-electron chi connectivity index (χ0n) is 19.5. The second-order valence-corrected chi connectivity index (χ2v) is 8.54. The van der Waals surface area contributed by atoms with Crippen molar-refractivity contribution < 1.29 is 34.1 Å². The zero-order chi connectivity index (χ0) is 25.7. The Morgan fingerprint density at radius 3 is 2.08 bits per heavy atom. The quantitative estimate of drug-likeness (QED) is 0.244. The third-order valence-electron chi connectivity index (χ3n) is 5.27. The predicted octanol–water partition coefficient (Wildman–Crippen LogP) is 4.82. The van der Waals surface area contributed by atoms with Crippen LogP contribution in [0.25, 0.3) is 10.4 Å². The Morgan fingerprint density at radius 1 is 0.917 bits per heavy atom. The van der Waals surface area contributed by atoms with Crippen LogP contribution in [0, 0.1) is 0 Å². The molecule has 2 N–H and O–H groups in total. The predicted molar refractivity (Wildman–Crippen MR) is 132 cm³/mol. The number of hydrogen-bond acceptors (Lipinski definition) is 9. The highest BCUT2D eigenvalue weighted by Gasteiger charge is 2.20. The molecule has 186 valence electrons. The van der Waals surface area contributed by atoms with Gasteiger partial charge in [0.05, 0.1) is 27.4 Å². The third-order valence-corrected chi connectivity index (χ3v) is 6.22. The molecular formula is C26H23NO8S. The van der Waals surface area contributed by atoms with Crippen LogP contribution in [0.3, 0.4) is 0 Å². The second-order valence-electron chi connectivity index (χ2n) is 7.61. The van der Waals surface area contributed by atoms with Crippen LogP contribution < -0.4 is 15.0 Å². The number of hydrogen-bond donors (Lipinski definition) is 2. The fourth-order valence-corrected chi connectivity index (χ4v) is 4.20. The second kappa shape index (κ2) is 11.0. The van der Waals surface area contributed by atoms with Crippen LogP contribution >= 0.6 is 11.5 Å². The summed E-state index contributed by atoms with van der Waals surface area (Å²) in [5.41, 5.74) is 1.82. The molecule has 0 amide bonds. The minimum atomic E-state index is -0.841. The molecule has 0 aliphatic carbocycles. The van der Waals surface area contributed by atoms with Crippen LogP contribution in [-0.4, -0.2) is 34.6 Å². The molecule has 3 aromatic carbocycles. The summed E-state index contributed by atoms with van der Waals surface area (Å²) in [5, 5.41) is 19.3. The fraction of sp³-hybridized carbons (Fsp3) is 0.154. The molecule has 10 heteroatoms. The highest BCUT2D eigenvalue weighted by Crippen LogP contribution is 2.33. The van der Waals surface area contributed by atoms with Crippen molar-refractivity contribution in [3.05, 3.63) is 93.8 Å². The Labute approximate surface area is 210 Å². The van der Waals surface area contributed by atoms with Crippen molar-refractivity contribution in [1.82, 2.24) is 4.12 Å². The van der Waals surface area contributed by atoms with Gasteiger partial charge in [-0.1, -0.05) is 46.6 Å². The number of benzene rings is 3. The first-order chi connectivity index (χ1) is 17.4. The Morgan fingerprint density at radius 2 is 1.53 bits per heavy atom. The van der Waals surface area contributed by atoms with Gasteiger partial charge in [0, 0.05) is 0 Å². The van der Waals surface area contributed by atoms with Crippen LogP contribution in [-0.2, 0) is 22.7 Å². The lowest BCUT2D eigenvalue weighted by Gasteiger charge is -2.13. The monoisotopic (exact) mass is 509 g/mol. The van der Waals surface area contributed by atoms with E-state index in [0.29, 0.717) is 45.0 Å². The first-order valence-corrected chi connectivity index (χ1v) is 11.5. The molecule has 0 unspecified atom stereocenters. The number of nitrogens with zero attached hydrogens (tertiary/aromatic N) is 1. The van der Waals surface area contributed by atoms with E-state index in [1.807, 2.05) is 24.3 Å². The normalized spacial score (nSPS) is 10.7. The van der Waals surface area contributed by atoms with Gasteiger partial charge in [-0.05, 0) is 52.5 Å². The lowest BCUT2D eigenvalue weighted by molar-refractivity contribution is 0.0594. The highest BCUT2D eigenvalue weighted by atomic mass is 32.1. The number of ether oxygens (including phenoxy) is 4. The molecule has 0 fully saturated rings. The maximum Gasteiger partial charge on any atom is 0.345 e. The zero-order valence-corrected chi connectivity index (χ0v) is 20.3. The van der Waals surface area contributed by atoms with Gasteiger partial charge in [0.25, 0.3) is 0 Å². The Kier molecular flexibility index (Phi) is 7.57. The number of carbonyl (C=O) groups excluding carboxylic acids is 1. The summed E-state index contributed by atoms with van der Waals surface area (Å²) in [6.45, 7) is 0.721. The lowest BCUT2D eigenvalue weighted by atomic mass is 10.1. The van der Waals surface area contributed by atoms with E-state index in [1.54, 1.807) is 42.5 Å². The minimum Gasteiger partial charge on any atom is -0.502 e. The molecule has 0 saturated heterocycles. The van der Waals surface area contributed by atoms with Gasteiger partial charge in [-0.15, -0.1) is 0 Å². The lowest BCUT2D eigenvalue weighted by Crippen LogP contribution is -2.08. The van der Waals surface area contributed by atoms with E-state index in [2.05, 4.69) is 0 Å². The summed E-state index contributed by atoms with van der Waals surface area (Å²) in [6.07, 6.45) is 0. The Hall–Kier alpha value is -4.28. The minimum absolute atomic E-state index is 0.208. The van der Waals surface area contributed by atoms with E-state index < -0.39 is 17.3 Å². The van der Waals surface area contributed by atoms with Crippen LogP contribution in [0.5, 0.6) is 23.0 Å². The molecule has 36 heavy (non-hydrogen) atoms. The van der Waals surface area contributed by atoms with Crippen molar-refractivity contribution in [2.24, 2.45) is 0 Å². The molecule has 0 aliphatic heterocycles. The maximum atomic E-state index is 12.2. The van der Waals surface area contributed by atoms with Gasteiger partial charge in [0.15, 0.2) is 0 Å². The largest absolute Gasteiger partial charge is 0.502 e. The van der Waals surface area contributed by atoms with Crippen LogP contribution in [0.1, 0.15) is 21.5 Å². The molecule has 1 heterocycles. The molecule has 4 rings (SSSR count). The summed E-state index contributed by atoms with van der Waals surface area (Å²) in [6, 6.07) is 19.5. The average Bonchev–Trinajstić information content (AvgIpc) is 3.16. The highest BCUT2D eigenvalue weighted by molar-refractivity contribution is 7.10. The number of aromatic hydroxyl groups is 1. The standard InChI is InChI=1S/C26H23NO8S/c1-32-20-4-3-5-21(22(20)26(30)33-2)35-19-12-8-17(9-13-19)15-34-14-16-6-10-18(11-7-16)24-23(28)25(29)27(31)36-24/h3-13,28,31H,14-15H2,1-2H3. The number of methoxy groups -OCH3 is 2. The van der Waals surface area contributed by atoms with E-state index in [1.165, 1.54) is 14.2 Å². The van der Waals surface area contributed by atoms with E-state index in [0.717, 1.165) is 22.7 Å². The molecule has 0 saturated carbocycles. The van der Waals surface area contributed by atoms with Gasteiger partial charge in [0.1, 0.15) is 27.7 Å². The van der Waals surface area contributed by atoms with E-state index in [9.17, 15) is 19.9 Å². The van der Waals surface area contributed by atoms with Crippen LogP contribution in [0.15, 0.2) is 71.5 Å². The maximum absolute atomic E-state index is 12.2. The molecular weight excluding hydrogens is 486 g/mol. The van der Waals surface area contributed by atoms with Gasteiger partial charge in [0.2, 0.25) is 5.75 Å². The summed E-state index contributed by atoms with van der Waals surface area (Å²) in [5.74, 6) is 0.184. The molecule has 0 atom stereocenters. The average molecular weight is 510 g/mol. The summed E-state index contributed by atoms with van der Waals surface area (Å²) in [7, 11) is 2.77. The molecule has 1 aromatic heterocycles. The SMILES string of the molecule is COC(=O)c1c(OC)cccc1Oc1ccc(COCc2ccc(-c3sn(O)c(=O)c3O)cc2)cc1. The number of carbonyl (C=O) groups is 1. The summed E-state index contributed by atoms with van der Waals surface area (Å²) in [4.78, 5) is 24.0. The van der Waals surface area contributed by atoms with Crippen molar-refractivity contribution in [2.45, 2.75) is 13.2 Å². The number of aromatic nitrogens is 1.